The molecule has 1 fully saturated rings. The first-order valence-electron chi connectivity index (χ1n) is 5.07. The highest BCUT2D eigenvalue weighted by molar-refractivity contribution is 9.10. The fourth-order valence-corrected chi connectivity index (χ4v) is 2.15. The van der Waals surface area contributed by atoms with Gasteiger partial charge in [0.2, 0.25) is 11.8 Å². The molecule has 16 heavy (non-hydrogen) atoms. The van der Waals surface area contributed by atoms with Crippen molar-refractivity contribution < 1.29 is 9.59 Å². The van der Waals surface area contributed by atoms with E-state index in [4.69, 9.17) is 0 Å². The molecule has 1 aliphatic rings. The maximum atomic E-state index is 11.8. The van der Waals surface area contributed by atoms with Gasteiger partial charge in [0.15, 0.2) is 0 Å². The fourth-order valence-electron chi connectivity index (χ4n) is 1.90. The highest BCUT2D eigenvalue weighted by atomic mass is 79.9. The van der Waals surface area contributed by atoms with Crippen molar-refractivity contribution >= 4 is 27.7 Å². The maximum Gasteiger partial charge on any atom is 0.236 e. The first kappa shape index (κ1) is 11.3. The Morgan fingerprint density at radius 3 is 2.56 bits per heavy atom. The van der Waals surface area contributed by atoms with E-state index in [2.05, 4.69) is 15.9 Å². The lowest BCUT2D eigenvalue weighted by atomic mass is 9.96. The van der Waals surface area contributed by atoms with Crippen LogP contribution in [0.25, 0.3) is 0 Å². The second-order valence-corrected chi connectivity index (χ2v) is 4.91. The van der Waals surface area contributed by atoms with Gasteiger partial charge in [-0.15, -0.1) is 0 Å². The standard InChI is InChI=1S/C12H12BrNO2/c1-7-5-8(3-4-10(7)13)9-6-11(15)14(2)12(9)16/h3-5,9H,6H2,1-2H3. The number of hydrogen-bond acceptors (Lipinski definition) is 2. The van der Waals surface area contributed by atoms with Crippen molar-refractivity contribution in [2.75, 3.05) is 7.05 Å². The number of benzene rings is 1. The molecule has 1 aromatic carbocycles. The van der Waals surface area contributed by atoms with Crippen LogP contribution in [0.5, 0.6) is 0 Å². The summed E-state index contributed by atoms with van der Waals surface area (Å²) in [7, 11) is 1.54. The largest absolute Gasteiger partial charge is 0.285 e. The Bertz CT molecular complexity index is 470. The summed E-state index contributed by atoms with van der Waals surface area (Å²) in [6.45, 7) is 1.97. The molecular weight excluding hydrogens is 270 g/mol. The number of hydrogen-bond donors (Lipinski definition) is 0. The summed E-state index contributed by atoms with van der Waals surface area (Å²) in [5, 5.41) is 0. The molecule has 1 aliphatic heterocycles. The van der Waals surface area contributed by atoms with Gasteiger partial charge in [-0.05, 0) is 24.1 Å². The summed E-state index contributed by atoms with van der Waals surface area (Å²) >= 11 is 3.41. The highest BCUT2D eigenvalue weighted by Gasteiger charge is 2.36. The summed E-state index contributed by atoms with van der Waals surface area (Å²) in [6, 6.07) is 5.77. The van der Waals surface area contributed by atoms with E-state index in [0.717, 1.165) is 15.6 Å². The monoisotopic (exact) mass is 281 g/mol. The minimum atomic E-state index is -0.302. The van der Waals surface area contributed by atoms with E-state index < -0.39 is 0 Å². The molecular formula is C12H12BrNO2. The zero-order chi connectivity index (χ0) is 11.9. The number of likely N-dealkylation sites (N-methyl/N-ethyl adjacent to an activating group) is 1. The molecule has 1 saturated heterocycles. The Kier molecular flexibility index (Phi) is 2.84. The summed E-state index contributed by atoms with van der Waals surface area (Å²) in [5.41, 5.74) is 2.00. The molecule has 1 unspecified atom stereocenters. The van der Waals surface area contributed by atoms with E-state index >= 15 is 0 Å². The summed E-state index contributed by atoms with van der Waals surface area (Å²) in [4.78, 5) is 24.4. The van der Waals surface area contributed by atoms with Crippen LogP contribution in [0.4, 0.5) is 0 Å². The van der Waals surface area contributed by atoms with Crippen LogP contribution in [-0.2, 0) is 9.59 Å². The predicted molar refractivity (Wildman–Crippen MR) is 64.0 cm³/mol. The number of carbonyl (C=O) groups excluding carboxylic acids is 2. The summed E-state index contributed by atoms with van der Waals surface area (Å²) < 4.78 is 1.02. The lowest BCUT2D eigenvalue weighted by Gasteiger charge is -2.10. The van der Waals surface area contributed by atoms with Crippen LogP contribution in [0.2, 0.25) is 0 Å². The Balaban J connectivity index is 2.35. The van der Waals surface area contributed by atoms with Crippen LogP contribution >= 0.6 is 15.9 Å². The quantitative estimate of drug-likeness (QED) is 0.741. The van der Waals surface area contributed by atoms with E-state index in [9.17, 15) is 9.59 Å². The van der Waals surface area contributed by atoms with Crippen molar-refractivity contribution in [1.29, 1.82) is 0 Å². The molecule has 1 heterocycles. The number of nitrogens with zero attached hydrogens (tertiary/aromatic N) is 1. The van der Waals surface area contributed by atoms with Crippen LogP contribution in [0.15, 0.2) is 22.7 Å². The van der Waals surface area contributed by atoms with Gasteiger partial charge in [-0.3, -0.25) is 14.5 Å². The van der Waals surface area contributed by atoms with Crippen molar-refractivity contribution in [2.24, 2.45) is 0 Å². The highest BCUT2D eigenvalue weighted by Crippen LogP contribution is 2.30. The first-order valence-corrected chi connectivity index (χ1v) is 5.86. The molecule has 0 N–H and O–H groups in total. The van der Waals surface area contributed by atoms with Gasteiger partial charge in [0.25, 0.3) is 0 Å². The van der Waals surface area contributed by atoms with Crippen LogP contribution in [-0.4, -0.2) is 23.8 Å². The van der Waals surface area contributed by atoms with E-state index in [0.29, 0.717) is 0 Å². The molecule has 0 saturated carbocycles. The van der Waals surface area contributed by atoms with Crippen LogP contribution in [0.1, 0.15) is 23.5 Å². The number of amides is 2. The molecule has 0 bridgehead atoms. The Labute approximate surface area is 103 Å². The van der Waals surface area contributed by atoms with Crippen molar-refractivity contribution in [3.63, 3.8) is 0 Å². The Morgan fingerprint density at radius 2 is 2.06 bits per heavy atom. The smallest absolute Gasteiger partial charge is 0.236 e. The van der Waals surface area contributed by atoms with Crippen molar-refractivity contribution in [1.82, 2.24) is 4.90 Å². The van der Waals surface area contributed by atoms with Gasteiger partial charge in [-0.25, -0.2) is 0 Å². The zero-order valence-electron chi connectivity index (χ0n) is 9.16. The van der Waals surface area contributed by atoms with Gasteiger partial charge in [0.05, 0.1) is 5.92 Å². The predicted octanol–water partition coefficient (Wildman–Crippen LogP) is 2.23. The maximum absolute atomic E-state index is 11.8. The average Bonchev–Trinajstić information content (AvgIpc) is 2.50. The first-order chi connectivity index (χ1) is 7.50. The third kappa shape index (κ3) is 1.78. The topological polar surface area (TPSA) is 37.4 Å². The molecule has 0 aromatic heterocycles. The van der Waals surface area contributed by atoms with Gasteiger partial charge >= 0.3 is 0 Å². The van der Waals surface area contributed by atoms with E-state index in [-0.39, 0.29) is 24.2 Å². The number of imide groups is 1. The van der Waals surface area contributed by atoms with E-state index in [1.54, 1.807) is 0 Å². The number of halogens is 1. The summed E-state index contributed by atoms with van der Waals surface area (Å²) in [5.74, 6) is -0.508. The SMILES string of the molecule is Cc1cc(C2CC(=O)N(C)C2=O)ccc1Br. The number of likely N-dealkylation sites (tertiary alicyclic amines) is 1. The second-order valence-electron chi connectivity index (χ2n) is 4.06. The Morgan fingerprint density at radius 1 is 1.38 bits per heavy atom. The molecule has 1 aromatic rings. The third-order valence-electron chi connectivity index (χ3n) is 2.97. The minimum absolute atomic E-state index is 0.101. The molecule has 0 aliphatic carbocycles. The number of aryl methyl sites for hydroxylation is 1. The fraction of sp³-hybridized carbons (Fsp3) is 0.333. The van der Waals surface area contributed by atoms with Gasteiger partial charge in [0, 0.05) is 17.9 Å². The lowest BCUT2D eigenvalue weighted by molar-refractivity contribution is -0.137. The summed E-state index contributed by atoms with van der Waals surface area (Å²) in [6.07, 6.45) is 0.288. The third-order valence-corrected chi connectivity index (χ3v) is 3.86. The lowest BCUT2D eigenvalue weighted by Crippen LogP contribution is -2.25. The average molecular weight is 282 g/mol. The molecule has 2 amide bonds. The molecule has 3 nitrogen and oxygen atoms in total. The minimum Gasteiger partial charge on any atom is -0.285 e. The molecule has 2 rings (SSSR count). The van der Waals surface area contributed by atoms with Crippen molar-refractivity contribution in [3.8, 4) is 0 Å². The molecule has 0 radical (unpaired) electrons. The molecule has 1 atom stereocenters. The zero-order valence-corrected chi connectivity index (χ0v) is 10.7. The van der Waals surface area contributed by atoms with Gasteiger partial charge in [-0.2, -0.15) is 0 Å². The van der Waals surface area contributed by atoms with Gasteiger partial charge < -0.3 is 0 Å². The second kappa shape index (κ2) is 4.01. The van der Waals surface area contributed by atoms with Gasteiger partial charge in [0.1, 0.15) is 0 Å². The molecule has 0 spiro atoms. The number of rotatable bonds is 1. The Hall–Kier alpha value is -1.16. The van der Waals surface area contributed by atoms with Crippen LogP contribution < -0.4 is 0 Å². The van der Waals surface area contributed by atoms with Crippen LogP contribution in [0, 0.1) is 6.92 Å². The van der Waals surface area contributed by atoms with Crippen molar-refractivity contribution in [3.05, 3.63) is 33.8 Å². The molecule has 84 valence electrons. The van der Waals surface area contributed by atoms with E-state index in [1.807, 2.05) is 25.1 Å². The number of carbonyl (C=O) groups is 2. The van der Waals surface area contributed by atoms with Crippen LogP contribution in [0.3, 0.4) is 0 Å². The normalized spacial score (nSPS) is 20.7. The van der Waals surface area contributed by atoms with Crippen molar-refractivity contribution in [2.45, 2.75) is 19.3 Å². The molecule has 4 heteroatoms. The van der Waals surface area contributed by atoms with Gasteiger partial charge in [-0.1, -0.05) is 28.1 Å². The van der Waals surface area contributed by atoms with E-state index in [1.165, 1.54) is 11.9 Å².